The molecule has 3 heterocycles. The van der Waals surface area contributed by atoms with Gasteiger partial charge < -0.3 is 19.5 Å². The molecule has 0 bridgehead atoms. The van der Waals surface area contributed by atoms with Gasteiger partial charge in [-0.05, 0) is 37.3 Å². The Balaban J connectivity index is 1.33. The second-order valence-electron chi connectivity index (χ2n) is 9.08. The SMILES string of the molecule is O=C(NC1CCCCC1N1Cc2ccc(-c3noc(C(F)(F)F)n3)cc2C1=O)C1CCOCC1. The van der Waals surface area contributed by atoms with Crippen molar-refractivity contribution in [2.24, 2.45) is 5.92 Å². The maximum absolute atomic E-state index is 13.3. The average Bonchev–Trinajstić information content (AvgIpc) is 3.45. The number of aromatic nitrogens is 2. The third-order valence-electron chi connectivity index (χ3n) is 6.92. The van der Waals surface area contributed by atoms with Crippen molar-refractivity contribution in [3.63, 3.8) is 0 Å². The molecule has 2 aromatic rings. The quantitative estimate of drug-likeness (QED) is 0.722. The van der Waals surface area contributed by atoms with E-state index < -0.39 is 12.1 Å². The van der Waals surface area contributed by atoms with Crippen molar-refractivity contribution < 1.29 is 32.0 Å². The second kappa shape index (κ2) is 9.01. The van der Waals surface area contributed by atoms with Gasteiger partial charge in [-0.2, -0.15) is 18.2 Å². The lowest BCUT2D eigenvalue weighted by Gasteiger charge is -2.39. The number of alkyl halides is 3. The Morgan fingerprint density at radius 3 is 2.62 bits per heavy atom. The van der Waals surface area contributed by atoms with Crippen LogP contribution in [0.4, 0.5) is 13.2 Å². The van der Waals surface area contributed by atoms with E-state index in [0.717, 1.165) is 31.2 Å². The first-order chi connectivity index (χ1) is 16.3. The Bertz CT molecular complexity index is 1080. The fourth-order valence-corrected chi connectivity index (χ4v) is 5.10. The molecule has 11 heteroatoms. The first kappa shape index (κ1) is 22.8. The van der Waals surface area contributed by atoms with Gasteiger partial charge in [-0.1, -0.05) is 30.1 Å². The molecule has 1 aliphatic carbocycles. The molecule has 0 radical (unpaired) electrons. The molecule has 0 spiro atoms. The van der Waals surface area contributed by atoms with E-state index in [4.69, 9.17) is 4.74 Å². The molecule has 2 amide bonds. The lowest BCUT2D eigenvalue weighted by Crippen LogP contribution is -2.54. The number of nitrogens with one attached hydrogen (secondary N) is 1. The Morgan fingerprint density at radius 2 is 1.88 bits per heavy atom. The number of hydrogen-bond acceptors (Lipinski definition) is 6. The molecule has 2 aliphatic heterocycles. The highest BCUT2D eigenvalue weighted by Crippen LogP contribution is 2.34. The number of hydrogen-bond donors (Lipinski definition) is 1. The van der Waals surface area contributed by atoms with Gasteiger partial charge in [0, 0.05) is 42.8 Å². The molecule has 8 nitrogen and oxygen atoms in total. The van der Waals surface area contributed by atoms with E-state index in [-0.39, 0.29) is 41.2 Å². The first-order valence-corrected chi connectivity index (χ1v) is 11.5. The van der Waals surface area contributed by atoms with Gasteiger partial charge in [0.05, 0.1) is 6.04 Å². The van der Waals surface area contributed by atoms with Crippen LogP contribution < -0.4 is 5.32 Å². The van der Waals surface area contributed by atoms with Gasteiger partial charge in [-0.3, -0.25) is 9.59 Å². The van der Waals surface area contributed by atoms with E-state index in [9.17, 15) is 22.8 Å². The van der Waals surface area contributed by atoms with Crippen LogP contribution in [0.15, 0.2) is 22.7 Å². The van der Waals surface area contributed by atoms with E-state index in [1.54, 1.807) is 17.0 Å². The molecule has 1 aromatic carbocycles. The minimum Gasteiger partial charge on any atom is -0.381 e. The molecule has 2 unspecified atom stereocenters. The third kappa shape index (κ3) is 4.40. The maximum atomic E-state index is 13.3. The molecule has 34 heavy (non-hydrogen) atoms. The number of benzene rings is 1. The Hall–Kier alpha value is -2.95. The fourth-order valence-electron chi connectivity index (χ4n) is 5.10. The normalized spacial score (nSPS) is 23.7. The van der Waals surface area contributed by atoms with E-state index >= 15 is 0 Å². The van der Waals surface area contributed by atoms with Crippen LogP contribution in [-0.4, -0.2) is 52.2 Å². The zero-order valence-electron chi connectivity index (χ0n) is 18.4. The Labute approximate surface area is 193 Å². The largest absolute Gasteiger partial charge is 0.471 e. The maximum Gasteiger partial charge on any atom is 0.471 e. The molecule has 1 saturated carbocycles. The average molecular weight is 478 g/mol. The van der Waals surface area contributed by atoms with Crippen LogP contribution in [-0.2, 0) is 22.3 Å². The Morgan fingerprint density at radius 1 is 1.12 bits per heavy atom. The summed E-state index contributed by atoms with van der Waals surface area (Å²) in [4.78, 5) is 31.4. The van der Waals surface area contributed by atoms with Crippen molar-refractivity contribution in [1.82, 2.24) is 20.4 Å². The van der Waals surface area contributed by atoms with E-state index in [2.05, 4.69) is 20.0 Å². The van der Waals surface area contributed by atoms with Gasteiger partial charge in [0.15, 0.2) is 0 Å². The summed E-state index contributed by atoms with van der Waals surface area (Å²) < 4.78 is 48.1. The van der Waals surface area contributed by atoms with Gasteiger partial charge in [0.1, 0.15) is 0 Å². The van der Waals surface area contributed by atoms with Crippen molar-refractivity contribution in [1.29, 1.82) is 0 Å². The minimum atomic E-state index is -4.74. The second-order valence-corrected chi connectivity index (χ2v) is 9.08. The number of fused-ring (bicyclic) bond motifs is 1. The van der Waals surface area contributed by atoms with Crippen molar-refractivity contribution >= 4 is 11.8 Å². The van der Waals surface area contributed by atoms with Crippen molar-refractivity contribution in [2.45, 2.75) is 63.3 Å². The summed E-state index contributed by atoms with van der Waals surface area (Å²) in [6.45, 7) is 1.56. The first-order valence-electron chi connectivity index (χ1n) is 11.5. The lowest BCUT2D eigenvalue weighted by atomic mass is 9.88. The van der Waals surface area contributed by atoms with Crippen LogP contribution in [0.2, 0.25) is 0 Å². The highest BCUT2D eigenvalue weighted by molar-refractivity contribution is 5.99. The van der Waals surface area contributed by atoms with Crippen LogP contribution in [0.5, 0.6) is 0 Å². The van der Waals surface area contributed by atoms with Gasteiger partial charge >= 0.3 is 12.1 Å². The number of rotatable bonds is 4. The third-order valence-corrected chi connectivity index (χ3v) is 6.92. The molecular formula is C23H25F3N4O4. The zero-order chi connectivity index (χ0) is 23.9. The molecule has 2 fully saturated rings. The van der Waals surface area contributed by atoms with Crippen LogP contribution >= 0.6 is 0 Å². The van der Waals surface area contributed by atoms with E-state index in [1.165, 1.54) is 6.07 Å². The molecule has 1 saturated heterocycles. The van der Waals surface area contributed by atoms with Gasteiger partial charge in [0.2, 0.25) is 11.7 Å². The highest BCUT2D eigenvalue weighted by Gasteiger charge is 2.40. The van der Waals surface area contributed by atoms with Gasteiger partial charge in [0.25, 0.3) is 5.91 Å². The number of carbonyl (C=O) groups is 2. The van der Waals surface area contributed by atoms with E-state index in [0.29, 0.717) is 38.2 Å². The summed E-state index contributed by atoms with van der Waals surface area (Å²) >= 11 is 0. The summed E-state index contributed by atoms with van der Waals surface area (Å²) in [5.41, 5.74) is 1.48. The standard InChI is InChI=1S/C23H25F3N4O4/c24-23(25,26)22-28-19(29-34-22)14-5-6-15-12-30(21(32)16(15)11-14)18-4-2-1-3-17(18)27-20(31)13-7-9-33-10-8-13/h5-6,11,13,17-18H,1-4,7-10,12H2,(H,27,31). The molecule has 3 aliphatic rings. The molecule has 182 valence electrons. The summed E-state index contributed by atoms with van der Waals surface area (Å²) in [6.07, 6.45) is 0.188. The van der Waals surface area contributed by atoms with Crippen LogP contribution in [0.25, 0.3) is 11.4 Å². The fraction of sp³-hybridized carbons (Fsp3) is 0.565. The van der Waals surface area contributed by atoms with Crippen molar-refractivity contribution in [3.8, 4) is 11.4 Å². The predicted molar refractivity (Wildman–Crippen MR) is 112 cm³/mol. The molecule has 1 N–H and O–H groups in total. The summed E-state index contributed by atoms with van der Waals surface area (Å²) in [5.74, 6) is -1.90. The number of nitrogens with zero attached hydrogens (tertiary/aromatic N) is 3. The van der Waals surface area contributed by atoms with E-state index in [1.807, 2.05) is 0 Å². The lowest BCUT2D eigenvalue weighted by molar-refractivity contribution is -0.159. The topological polar surface area (TPSA) is 97.6 Å². The van der Waals surface area contributed by atoms with Gasteiger partial charge in [-0.15, -0.1) is 0 Å². The smallest absolute Gasteiger partial charge is 0.381 e. The van der Waals surface area contributed by atoms with Crippen molar-refractivity contribution in [2.75, 3.05) is 13.2 Å². The summed E-state index contributed by atoms with van der Waals surface area (Å²) in [7, 11) is 0. The van der Waals surface area contributed by atoms with Crippen molar-refractivity contribution in [3.05, 3.63) is 35.2 Å². The number of carbonyl (C=O) groups excluding carboxylic acids is 2. The number of ether oxygens (including phenoxy) is 1. The highest BCUT2D eigenvalue weighted by atomic mass is 19.4. The van der Waals surface area contributed by atoms with Crippen LogP contribution in [0, 0.1) is 5.92 Å². The van der Waals surface area contributed by atoms with Crippen LogP contribution in [0.1, 0.15) is 60.3 Å². The summed E-state index contributed by atoms with van der Waals surface area (Å²) in [6, 6.07) is 4.55. The Kier molecular flexibility index (Phi) is 6.05. The van der Waals surface area contributed by atoms with Crippen LogP contribution in [0.3, 0.4) is 0 Å². The molecule has 1 aromatic heterocycles. The molecule has 2 atom stereocenters. The van der Waals surface area contributed by atoms with Gasteiger partial charge in [-0.25, -0.2) is 0 Å². The summed E-state index contributed by atoms with van der Waals surface area (Å²) in [5, 5.41) is 6.60. The zero-order valence-corrected chi connectivity index (χ0v) is 18.4. The minimum absolute atomic E-state index is 0.0178. The molecule has 5 rings (SSSR count). The number of amides is 2. The monoisotopic (exact) mass is 478 g/mol. The number of halogens is 3. The molecular weight excluding hydrogens is 453 g/mol. The predicted octanol–water partition coefficient (Wildman–Crippen LogP) is 3.57.